The zero-order valence-corrected chi connectivity index (χ0v) is 18.0. The third-order valence-electron chi connectivity index (χ3n) is 5.37. The first-order valence-corrected chi connectivity index (χ1v) is 10.7. The number of hydrogen-bond donors (Lipinski definition) is 0. The Bertz CT molecular complexity index is 1580. The quantitative estimate of drug-likeness (QED) is 0.414. The van der Waals surface area contributed by atoms with Gasteiger partial charge in [-0.3, -0.25) is 9.36 Å². The molecule has 0 fully saturated rings. The van der Waals surface area contributed by atoms with Gasteiger partial charge in [0.25, 0.3) is 5.56 Å². The molecule has 0 unspecified atom stereocenters. The van der Waals surface area contributed by atoms with Crippen molar-refractivity contribution in [2.24, 2.45) is 0 Å². The summed E-state index contributed by atoms with van der Waals surface area (Å²) >= 11 is 1.23. The van der Waals surface area contributed by atoms with Crippen LogP contribution in [0.2, 0.25) is 0 Å². The standard InChI is InChI=1S/C23H17FN4O3S/c1-13-3-4-15(11-14(13)2)21-25-19(31-26-21)12-27-18-9-10-32-20(18)22(29)28(23(27)30)17-7-5-16(24)6-8-17/h3-11H,12H2,1-2H3. The van der Waals surface area contributed by atoms with E-state index in [1.54, 1.807) is 11.4 Å². The minimum Gasteiger partial charge on any atom is -0.337 e. The lowest BCUT2D eigenvalue weighted by Gasteiger charge is -2.10. The number of aryl methyl sites for hydroxylation is 2. The number of nitrogens with zero attached hydrogens (tertiary/aromatic N) is 4. The van der Waals surface area contributed by atoms with Gasteiger partial charge in [0.1, 0.15) is 17.1 Å². The molecule has 0 N–H and O–H groups in total. The van der Waals surface area contributed by atoms with E-state index in [-0.39, 0.29) is 18.1 Å². The third kappa shape index (κ3) is 3.36. The maximum Gasteiger partial charge on any atom is 0.336 e. The van der Waals surface area contributed by atoms with Gasteiger partial charge in [-0.25, -0.2) is 13.8 Å². The first-order valence-electron chi connectivity index (χ1n) is 9.81. The minimum atomic E-state index is -0.571. The average Bonchev–Trinajstić information content (AvgIpc) is 3.44. The summed E-state index contributed by atoms with van der Waals surface area (Å²) in [6.07, 6.45) is 0. The highest BCUT2D eigenvalue weighted by atomic mass is 32.1. The van der Waals surface area contributed by atoms with Crippen LogP contribution in [0.1, 0.15) is 17.0 Å². The van der Waals surface area contributed by atoms with Crippen LogP contribution in [0, 0.1) is 19.7 Å². The molecule has 0 bridgehead atoms. The van der Waals surface area contributed by atoms with Gasteiger partial charge in [-0.1, -0.05) is 17.3 Å². The van der Waals surface area contributed by atoms with Gasteiger partial charge < -0.3 is 4.52 Å². The number of rotatable bonds is 4. The number of thiophene rings is 1. The van der Waals surface area contributed by atoms with Crippen molar-refractivity contribution in [1.29, 1.82) is 0 Å². The monoisotopic (exact) mass is 448 g/mol. The number of fused-ring (bicyclic) bond motifs is 1. The highest BCUT2D eigenvalue weighted by Crippen LogP contribution is 2.21. The highest BCUT2D eigenvalue weighted by molar-refractivity contribution is 7.17. The summed E-state index contributed by atoms with van der Waals surface area (Å²) in [7, 11) is 0. The van der Waals surface area contributed by atoms with E-state index in [2.05, 4.69) is 10.1 Å². The Morgan fingerprint density at radius 2 is 1.81 bits per heavy atom. The van der Waals surface area contributed by atoms with Crippen LogP contribution in [-0.4, -0.2) is 19.3 Å². The van der Waals surface area contributed by atoms with Gasteiger partial charge in [0.15, 0.2) is 0 Å². The van der Waals surface area contributed by atoms with E-state index in [4.69, 9.17) is 4.52 Å². The lowest BCUT2D eigenvalue weighted by atomic mass is 10.1. The molecule has 0 saturated carbocycles. The van der Waals surface area contributed by atoms with Crippen LogP contribution in [0.5, 0.6) is 0 Å². The van der Waals surface area contributed by atoms with E-state index in [1.807, 2.05) is 32.0 Å². The molecule has 9 heteroatoms. The molecule has 5 rings (SSSR count). The Kier molecular flexibility index (Phi) is 4.82. The third-order valence-corrected chi connectivity index (χ3v) is 6.26. The highest BCUT2D eigenvalue weighted by Gasteiger charge is 2.18. The lowest BCUT2D eigenvalue weighted by molar-refractivity contribution is 0.370. The van der Waals surface area contributed by atoms with Crippen molar-refractivity contribution in [1.82, 2.24) is 19.3 Å². The molecule has 7 nitrogen and oxygen atoms in total. The molecule has 2 aromatic carbocycles. The lowest BCUT2D eigenvalue weighted by Crippen LogP contribution is -2.38. The Balaban J connectivity index is 1.61. The van der Waals surface area contributed by atoms with Crippen molar-refractivity contribution in [3.63, 3.8) is 0 Å². The topological polar surface area (TPSA) is 82.9 Å². The molecule has 32 heavy (non-hydrogen) atoms. The van der Waals surface area contributed by atoms with E-state index in [0.717, 1.165) is 21.3 Å². The smallest absolute Gasteiger partial charge is 0.336 e. The molecule has 0 aliphatic heterocycles. The summed E-state index contributed by atoms with van der Waals surface area (Å²) in [6.45, 7) is 4.02. The Labute approximate surface area is 185 Å². The number of aromatic nitrogens is 4. The van der Waals surface area contributed by atoms with E-state index >= 15 is 0 Å². The molecule has 0 saturated heterocycles. The van der Waals surface area contributed by atoms with Gasteiger partial charge in [-0.05, 0) is 66.8 Å². The van der Waals surface area contributed by atoms with Crippen molar-refractivity contribution < 1.29 is 8.91 Å². The van der Waals surface area contributed by atoms with Gasteiger partial charge in [0, 0.05) is 5.56 Å². The van der Waals surface area contributed by atoms with Gasteiger partial charge in [0.2, 0.25) is 11.7 Å². The molecule has 0 aliphatic rings. The van der Waals surface area contributed by atoms with Crippen molar-refractivity contribution in [2.75, 3.05) is 0 Å². The van der Waals surface area contributed by atoms with Crippen molar-refractivity contribution in [3.05, 3.63) is 97.6 Å². The van der Waals surface area contributed by atoms with Crippen LogP contribution >= 0.6 is 11.3 Å². The summed E-state index contributed by atoms with van der Waals surface area (Å²) < 4.78 is 21.6. The molecule has 3 heterocycles. The molecule has 3 aromatic heterocycles. The maximum atomic E-state index is 13.4. The zero-order valence-electron chi connectivity index (χ0n) is 17.2. The molecule has 0 amide bonds. The average molecular weight is 448 g/mol. The normalized spacial score (nSPS) is 11.3. The fourth-order valence-electron chi connectivity index (χ4n) is 3.51. The second kappa shape index (κ2) is 7.69. The van der Waals surface area contributed by atoms with Crippen LogP contribution in [0.3, 0.4) is 0 Å². The second-order valence-corrected chi connectivity index (χ2v) is 8.35. The van der Waals surface area contributed by atoms with Crippen LogP contribution in [0.25, 0.3) is 27.3 Å². The number of benzene rings is 2. The Morgan fingerprint density at radius 1 is 1.03 bits per heavy atom. The Hall–Kier alpha value is -3.85. The molecule has 0 spiro atoms. The fourth-order valence-corrected chi connectivity index (χ4v) is 4.33. The van der Waals surface area contributed by atoms with Gasteiger partial charge in [-0.15, -0.1) is 11.3 Å². The van der Waals surface area contributed by atoms with E-state index < -0.39 is 17.1 Å². The summed E-state index contributed by atoms with van der Waals surface area (Å²) in [5.41, 5.74) is 2.82. The van der Waals surface area contributed by atoms with E-state index in [9.17, 15) is 14.0 Å². The van der Waals surface area contributed by atoms with Gasteiger partial charge in [0.05, 0.1) is 11.2 Å². The zero-order chi connectivity index (χ0) is 22.4. The number of hydrogen-bond acceptors (Lipinski definition) is 6. The van der Waals surface area contributed by atoms with Crippen molar-refractivity contribution in [2.45, 2.75) is 20.4 Å². The van der Waals surface area contributed by atoms with Crippen LogP contribution in [-0.2, 0) is 6.54 Å². The van der Waals surface area contributed by atoms with Crippen molar-refractivity contribution >= 4 is 21.6 Å². The summed E-state index contributed by atoms with van der Waals surface area (Å²) in [5.74, 6) is 0.200. The summed E-state index contributed by atoms with van der Waals surface area (Å²) in [4.78, 5) is 30.7. The van der Waals surface area contributed by atoms with E-state index in [1.165, 1.54) is 40.2 Å². The molecule has 0 atom stereocenters. The van der Waals surface area contributed by atoms with Crippen LogP contribution < -0.4 is 11.2 Å². The molecular weight excluding hydrogens is 431 g/mol. The van der Waals surface area contributed by atoms with Crippen LogP contribution in [0.15, 0.2) is 68.0 Å². The molecule has 160 valence electrons. The second-order valence-electron chi connectivity index (χ2n) is 7.43. The first-order chi connectivity index (χ1) is 15.4. The predicted molar refractivity (Wildman–Crippen MR) is 120 cm³/mol. The number of halogens is 1. The predicted octanol–water partition coefficient (Wildman–Crippen LogP) is 4.07. The van der Waals surface area contributed by atoms with E-state index in [0.29, 0.717) is 16.0 Å². The van der Waals surface area contributed by atoms with Crippen molar-refractivity contribution in [3.8, 4) is 17.1 Å². The molecule has 0 aliphatic carbocycles. The fraction of sp³-hybridized carbons (Fsp3) is 0.130. The Morgan fingerprint density at radius 3 is 2.56 bits per heavy atom. The molecule has 5 aromatic rings. The first kappa shape index (κ1) is 20.1. The minimum absolute atomic E-state index is 0.00855. The van der Waals surface area contributed by atoms with Crippen LogP contribution in [0.4, 0.5) is 4.39 Å². The van der Waals surface area contributed by atoms with Gasteiger partial charge >= 0.3 is 5.69 Å². The summed E-state index contributed by atoms with van der Waals surface area (Å²) in [5, 5.41) is 5.79. The summed E-state index contributed by atoms with van der Waals surface area (Å²) in [6, 6.07) is 12.8. The SMILES string of the molecule is Cc1ccc(-c2noc(Cn3c(=O)n(-c4ccc(F)cc4)c(=O)c4sccc43)n2)cc1C. The largest absolute Gasteiger partial charge is 0.337 e. The molecular formula is C23H17FN4O3S. The van der Waals surface area contributed by atoms with Gasteiger partial charge in [-0.2, -0.15) is 4.98 Å². The molecule has 0 radical (unpaired) electrons. The maximum absolute atomic E-state index is 13.4.